The second-order valence-corrected chi connectivity index (χ2v) is 3.81. The van der Waals surface area contributed by atoms with E-state index >= 15 is 0 Å². The summed E-state index contributed by atoms with van der Waals surface area (Å²) in [5, 5.41) is 26.7. The highest BCUT2D eigenvalue weighted by molar-refractivity contribution is 5.91. The lowest BCUT2D eigenvalue weighted by Crippen LogP contribution is -2.22. The predicted molar refractivity (Wildman–Crippen MR) is 63.8 cm³/mol. The number of carbonyl (C=O) groups is 2. The highest BCUT2D eigenvalue weighted by Crippen LogP contribution is 2.21. The van der Waals surface area contributed by atoms with Gasteiger partial charge < -0.3 is 4.90 Å². The Morgan fingerprint density at radius 3 is 1.89 bits per heavy atom. The van der Waals surface area contributed by atoms with Gasteiger partial charge in [0.1, 0.15) is 23.8 Å². The SMILES string of the molecule is N#CC(C#N)=C(C=O)/C(C#N)=C(\C=O)N1CCCC1. The standard InChI is InChI=1S/C13H10N4O2/c14-5-10(6-15)12(8-18)11(7-16)13(9-19)17-3-1-2-4-17/h8-9H,1-4H2/b13-11+. The van der Waals surface area contributed by atoms with Crippen LogP contribution < -0.4 is 0 Å². The van der Waals surface area contributed by atoms with Gasteiger partial charge in [-0.1, -0.05) is 0 Å². The Kier molecular flexibility index (Phi) is 5.02. The van der Waals surface area contributed by atoms with Crippen LogP contribution in [-0.2, 0) is 9.59 Å². The molecule has 0 saturated carbocycles. The maximum atomic E-state index is 11.2. The van der Waals surface area contributed by atoms with Crippen molar-refractivity contribution in [1.82, 2.24) is 4.90 Å². The Balaban J connectivity index is 3.47. The molecule has 0 spiro atoms. The molecule has 6 nitrogen and oxygen atoms in total. The van der Waals surface area contributed by atoms with E-state index in [1.807, 2.05) is 0 Å². The quantitative estimate of drug-likeness (QED) is 0.314. The van der Waals surface area contributed by atoms with Gasteiger partial charge in [0.15, 0.2) is 12.6 Å². The first kappa shape index (κ1) is 14.2. The van der Waals surface area contributed by atoms with Crippen molar-refractivity contribution in [2.45, 2.75) is 12.8 Å². The van der Waals surface area contributed by atoms with Crippen LogP contribution in [0.5, 0.6) is 0 Å². The fraction of sp³-hybridized carbons (Fsp3) is 0.308. The van der Waals surface area contributed by atoms with Gasteiger partial charge in [-0.25, -0.2) is 0 Å². The zero-order valence-electron chi connectivity index (χ0n) is 10.1. The molecule has 0 amide bonds. The van der Waals surface area contributed by atoms with Crippen molar-refractivity contribution in [2.24, 2.45) is 0 Å². The van der Waals surface area contributed by atoms with E-state index in [1.54, 1.807) is 23.1 Å². The van der Waals surface area contributed by atoms with E-state index in [9.17, 15) is 9.59 Å². The van der Waals surface area contributed by atoms with Crippen LogP contribution in [0.3, 0.4) is 0 Å². The number of rotatable bonds is 4. The molecule has 0 aliphatic carbocycles. The third kappa shape index (κ3) is 2.86. The average molecular weight is 254 g/mol. The summed E-state index contributed by atoms with van der Waals surface area (Å²) in [5.74, 6) is 0. The normalized spacial score (nSPS) is 14.5. The number of aldehydes is 2. The second kappa shape index (κ2) is 6.74. The van der Waals surface area contributed by atoms with Crippen molar-refractivity contribution in [1.29, 1.82) is 15.8 Å². The zero-order valence-corrected chi connectivity index (χ0v) is 10.1. The van der Waals surface area contributed by atoms with Gasteiger partial charge in [0.25, 0.3) is 0 Å². The van der Waals surface area contributed by atoms with Crippen LogP contribution in [-0.4, -0.2) is 30.6 Å². The summed E-state index contributed by atoms with van der Waals surface area (Å²) in [4.78, 5) is 23.9. The largest absolute Gasteiger partial charge is 0.368 e. The highest BCUT2D eigenvalue weighted by Gasteiger charge is 2.22. The number of nitriles is 3. The van der Waals surface area contributed by atoms with E-state index in [0.29, 0.717) is 19.4 Å². The summed E-state index contributed by atoms with van der Waals surface area (Å²) in [6, 6.07) is 4.85. The Morgan fingerprint density at radius 2 is 1.53 bits per heavy atom. The van der Waals surface area contributed by atoms with E-state index < -0.39 is 5.57 Å². The van der Waals surface area contributed by atoms with Crippen molar-refractivity contribution >= 4 is 12.6 Å². The van der Waals surface area contributed by atoms with E-state index in [1.165, 1.54) is 0 Å². The molecule has 1 heterocycles. The van der Waals surface area contributed by atoms with E-state index in [2.05, 4.69) is 0 Å². The molecule has 0 unspecified atom stereocenters. The fourth-order valence-corrected chi connectivity index (χ4v) is 1.89. The number of allylic oxidation sites excluding steroid dienone is 4. The Morgan fingerprint density at radius 1 is 0.947 bits per heavy atom. The van der Waals surface area contributed by atoms with E-state index in [-0.39, 0.29) is 23.1 Å². The molecule has 1 aliphatic heterocycles. The number of hydrogen-bond acceptors (Lipinski definition) is 6. The highest BCUT2D eigenvalue weighted by atomic mass is 16.1. The minimum atomic E-state index is -0.468. The molecule has 0 aromatic heterocycles. The number of nitrogens with zero attached hydrogens (tertiary/aromatic N) is 4. The van der Waals surface area contributed by atoms with Gasteiger partial charge >= 0.3 is 0 Å². The summed E-state index contributed by atoms with van der Waals surface area (Å²) in [5.41, 5.74) is -0.957. The Labute approximate surface area is 110 Å². The van der Waals surface area contributed by atoms with Crippen LogP contribution in [0.1, 0.15) is 12.8 Å². The Bertz CT molecular complexity index is 559. The summed E-state index contributed by atoms with van der Waals surface area (Å²) >= 11 is 0. The number of hydrogen-bond donors (Lipinski definition) is 0. The lowest BCUT2D eigenvalue weighted by atomic mass is 10.0. The van der Waals surface area contributed by atoms with Gasteiger partial charge in [0.2, 0.25) is 0 Å². The van der Waals surface area contributed by atoms with Gasteiger partial charge in [-0.2, -0.15) is 15.8 Å². The molecule has 19 heavy (non-hydrogen) atoms. The molecule has 0 atom stereocenters. The summed E-state index contributed by atoms with van der Waals surface area (Å²) in [6.07, 6.45) is 2.53. The smallest absolute Gasteiger partial charge is 0.167 e. The molecule has 1 saturated heterocycles. The second-order valence-electron chi connectivity index (χ2n) is 3.81. The third-order valence-electron chi connectivity index (χ3n) is 2.81. The fourth-order valence-electron chi connectivity index (χ4n) is 1.89. The summed E-state index contributed by atoms with van der Waals surface area (Å²) in [7, 11) is 0. The van der Waals surface area contributed by atoms with Crippen molar-refractivity contribution in [2.75, 3.05) is 13.1 Å². The molecule has 1 aliphatic rings. The van der Waals surface area contributed by atoms with Gasteiger partial charge in [-0.3, -0.25) is 9.59 Å². The maximum absolute atomic E-state index is 11.2. The van der Waals surface area contributed by atoms with Crippen LogP contribution in [0.2, 0.25) is 0 Å². The zero-order chi connectivity index (χ0) is 14.3. The van der Waals surface area contributed by atoms with Crippen LogP contribution in [0.25, 0.3) is 0 Å². The van der Waals surface area contributed by atoms with Gasteiger partial charge in [-0.15, -0.1) is 0 Å². The molecular formula is C13H10N4O2. The molecule has 1 rings (SSSR count). The third-order valence-corrected chi connectivity index (χ3v) is 2.81. The molecule has 6 heteroatoms. The molecule has 0 aromatic rings. The molecule has 0 radical (unpaired) electrons. The predicted octanol–water partition coefficient (Wildman–Crippen LogP) is 0.601. The monoisotopic (exact) mass is 254 g/mol. The van der Waals surface area contributed by atoms with E-state index in [4.69, 9.17) is 15.8 Å². The molecule has 0 bridgehead atoms. The summed E-state index contributed by atoms with van der Waals surface area (Å²) < 4.78 is 0. The lowest BCUT2D eigenvalue weighted by molar-refractivity contribution is -0.106. The molecule has 0 N–H and O–H groups in total. The lowest BCUT2D eigenvalue weighted by Gasteiger charge is -2.18. The van der Waals surface area contributed by atoms with Gasteiger partial charge in [0.05, 0.1) is 16.8 Å². The Hall–Kier alpha value is -2.91. The maximum Gasteiger partial charge on any atom is 0.167 e. The van der Waals surface area contributed by atoms with Crippen LogP contribution in [0, 0.1) is 34.0 Å². The first-order valence-electron chi connectivity index (χ1n) is 5.58. The number of carbonyl (C=O) groups excluding carboxylic acids is 2. The van der Waals surface area contributed by atoms with Crippen molar-refractivity contribution in [3.63, 3.8) is 0 Å². The number of likely N-dealkylation sites (tertiary alicyclic amines) is 1. The van der Waals surface area contributed by atoms with Crippen molar-refractivity contribution < 1.29 is 9.59 Å². The first-order valence-corrected chi connectivity index (χ1v) is 5.58. The van der Waals surface area contributed by atoms with E-state index in [0.717, 1.165) is 12.8 Å². The topological polar surface area (TPSA) is 109 Å². The summed E-state index contributed by atoms with van der Waals surface area (Å²) in [6.45, 7) is 1.22. The molecule has 94 valence electrons. The van der Waals surface area contributed by atoms with Crippen LogP contribution >= 0.6 is 0 Å². The van der Waals surface area contributed by atoms with Gasteiger partial charge in [0, 0.05) is 13.1 Å². The van der Waals surface area contributed by atoms with Crippen molar-refractivity contribution in [3.8, 4) is 18.2 Å². The van der Waals surface area contributed by atoms with Crippen LogP contribution in [0.4, 0.5) is 0 Å². The average Bonchev–Trinajstić information content (AvgIpc) is 2.96. The first-order chi connectivity index (χ1) is 9.23. The van der Waals surface area contributed by atoms with Gasteiger partial charge in [-0.05, 0) is 12.8 Å². The molecule has 1 fully saturated rings. The molecular weight excluding hydrogens is 244 g/mol. The van der Waals surface area contributed by atoms with Crippen LogP contribution in [0.15, 0.2) is 22.4 Å². The minimum Gasteiger partial charge on any atom is -0.368 e. The minimum absolute atomic E-state index is 0.0603. The molecule has 0 aromatic carbocycles. The van der Waals surface area contributed by atoms with Crippen molar-refractivity contribution in [3.05, 3.63) is 22.4 Å².